The largest absolute Gasteiger partial charge is 0.464 e. The van der Waals surface area contributed by atoms with Gasteiger partial charge in [0.05, 0.1) is 6.54 Å². The monoisotopic (exact) mass is 200 g/mol. The molecule has 0 aliphatic carbocycles. The second-order valence-electron chi connectivity index (χ2n) is 2.93. The highest BCUT2D eigenvalue weighted by atomic mass is 16.5. The van der Waals surface area contributed by atoms with Gasteiger partial charge in [0.25, 0.3) is 0 Å². The fourth-order valence-electron chi connectivity index (χ4n) is 1.11. The molecule has 1 heterocycles. The lowest BCUT2D eigenvalue weighted by Crippen LogP contribution is -2.50. The topological polar surface area (TPSA) is 75.7 Å². The van der Waals surface area contributed by atoms with E-state index < -0.39 is 6.03 Å². The molecule has 6 nitrogen and oxygen atoms in total. The van der Waals surface area contributed by atoms with Crippen LogP contribution in [-0.4, -0.2) is 42.5 Å². The third kappa shape index (κ3) is 3.04. The number of urea groups is 1. The van der Waals surface area contributed by atoms with Crippen molar-refractivity contribution in [2.45, 2.75) is 13.3 Å². The Labute approximate surface area is 81.2 Å². The Morgan fingerprint density at radius 1 is 1.57 bits per heavy atom. The van der Waals surface area contributed by atoms with Crippen LogP contribution in [0.25, 0.3) is 0 Å². The second-order valence-corrected chi connectivity index (χ2v) is 2.93. The number of amides is 3. The van der Waals surface area contributed by atoms with Crippen molar-refractivity contribution in [2.75, 3.05) is 19.7 Å². The van der Waals surface area contributed by atoms with Crippen molar-refractivity contribution in [2.24, 2.45) is 0 Å². The molecule has 0 bridgehead atoms. The molecule has 14 heavy (non-hydrogen) atoms. The van der Waals surface area contributed by atoms with Crippen LogP contribution in [0, 0.1) is 0 Å². The standard InChI is InChI=1S/C8H12N2O4/c1-6(11)14-5-4-10-3-2-7(12)9-8(10)13/h2-5H2,1H3,(H,9,12,13). The summed E-state index contributed by atoms with van der Waals surface area (Å²) in [4.78, 5) is 33.7. The minimum atomic E-state index is -0.423. The third-order valence-corrected chi connectivity index (χ3v) is 1.81. The Bertz CT molecular complexity index is 264. The van der Waals surface area contributed by atoms with Gasteiger partial charge in [-0.3, -0.25) is 14.9 Å². The lowest BCUT2D eigenvalue weighted by Gasteiger charge is -2.25. The van der Waals surface area contributed by atoms with E-state index in [1.807, 2.05) is 0 Å². The van der Waals surface area contributed by atoms with Gasteiger partial charge in [-0.1, -0.05) is 0 Å². The van der Waals surface area contributed by atoms with Crippen LogP contribution in [0.4, 0.5) is 4.79 Å². The first-order valence-electron chi connectivity index (χ1n) is 4.31. The van der Waals surface area contributed by atoms with Crippen LogP contribution in [-0.2, 0) is 14.3 Å². The summed E-state index contributed by atoms with van der Waals surface area (Å²) in [5.41, 5.74) is 0. The summed E-state index contributed by atoms with van der Waals surface area (Å²) in [5, 5.41) is 2.18. The number of nitrogens with one attached hydrogen (secondary N) is 1. The van der Waals surface area contributed by atoms with E-state index in [-0.39, 0.29) is 18.5 Å². The van der Waals surface area contributed by atoms with Gasteiger partial charge in [0.15, 0.2) is 0 Å². The van der Waals surface area contributed by atoms with Gasteiger partial charge in [0.2, 0.25) is 5.91 Å². The van der Waals surface area contributed by atoms with E-state index in [1.165, 1.54) is 11.8 Å². The van der Waals surface area contributed by atoms with Crippen LogP contribution < -0.4 is 5.32 Å². The molecule has 1 aliphatic heterocycles. The Morgan fingerprint density at radius 2 is 2.29 bits per heavy atom. The number of hydrogen-bond acceptors (Lipinski definition) is 4. The molecular formula is C8H12N2O4. The van der Waals surface area contributed by atoms with Crippen molar-refractivity contribution in [3.63, 3.8) is 0 Å². The molecule has 1 aliphatic rings. The van der Waals surface area contributed by atoms with Crippen LogP contribution in [0.2, 0.25) is 0 Å². The fraction of sp³-hybridized carbons (Fsp3) is 0.625. The maximum Gasteiger partial charge on any atom is 0.324 e. The van der Waals surface area contributed by atoms with Gasteiger partial charge in [-0.2, -0.15) is 0 Å². The third-order valence-electron chi connectivity index (χ3n) is 1.81. The fourth-order valence-corrected chi connectivity index (χ4v) is 1.11. The summed E-state index contributed by atoms with van der Waals surface area (Å²) < 4.78 is 4.67. The number of hydrogen-bond donors (Lipinski definition) is 1. The first kappa shape index (κ1) is 10.5. The van der Waals surface area contributed by atoms with Gasteiger partial charge < -0.3 is 9.64 Å². The summed E-state index contributed by atoms with van der Waals surface area (Å²) in [5.74, 6) is -0.641. The summed E-state index contributed by atoms with van der Waals surface area (Å²) >= 11 is 0. The molecule has 3 amide bonds. The highest BCUT2D eigenvalue weighted by Gasteiger charge is 2.22. The predicted octanol–water partition coefficient (Wildman–Crippen LogP) is -0.509. The molecule has 1 rings (SSSR count). The minimum absolute atomic E-state index is 0.164. The summed E-state index contributed by atoms with van der Waals surface area (Å²) in [7, 11) is 0. The maximum absolute atomic E-state index is 11.1. The van der Waals surface area contributed by atoms with Crippen LogP contribution in [0.1, 0.15) is 13.3 Å². The molecule has 0 atom stereocenters. The van der Waals surface area contributed by atoms with Gasteiger partial charge in [-0.25, -0.2) is 4.79 Å². The van der Waals surface area contributed by atoms with E-state index in [1.54, 1.807) is 0 Å². The van der Waals surface area contributed by atoms with Crippen molar-refractivity contribution < 1.29 is 19.1 Å². The second kappa shape index (κ2) is 4.59. The Hall–Kier alpha value is -1.59. The van der Waals surface area contributed by atoms with Crippen molar-refractivity contribution in [1.82, 2.24) is 10.2 Å². The number of carbonyl (C=O) groups is 3. The molecule has 0 aromatic rings. The van der Waals surface area contributed by atoms with E-state index >= 15 is 0 Å². The number of carbonyl (C=O) groups excluding carboxylic acids is 3. The molecular weight excluding hydrogens is 188 g/mol. The zero-order valence-corrected chi connectivity index (χ0v) is 7.91. The average molecular weight is 200 g/mol. The summed E-state index contributed by atoms with van der Waals surface area (Å²) in [6, 6.07) is -0.423. The molecule has 1 fully saturated rings. The van der Waals surface area contributed by atoms with Gasteiger partial charge in [-0.05, 0) is 0 Å². The molecule has 0 aromatic carbocycles. The number of nitrogens with zero attached hydrogens (tertiary/aromatic N) is 1. The molecule has 1 saturated heterocycles. The normalized spacial score (nSPS) is 16.5. The van der Waals surface area contributed by atoms with E-state index in [0.717, 1.165) is 0 Å². The lowest BCUT2D eigenvalue weighted by atomic mass is 10.3. The van der Waals surface area contributed by atoms with Crippen molar-refractivity contribution in [3.8, 4) is 0 Å². The van der Waals surface area contributed by atoms with E-state index in [0.29, 0.717) is 19.5 Å². The van der Waals surface area contributed by atoms with E-state index in [2.05, 4.69) is 10.1 Å². The lowest BCUT2D eigenvalue weighted by molar-refractivity contribution is -0.141. The predicted molar refractivity (Wildman–Crippen MR) is 46.4 cm³/mol. The molecule has 78 valence electrons. The van der Waals surface area contributed by atoms with Crippen LogP contribution >= 0.6 is 0 Å². The quantitative estimate of drug-likeness (QED) is 0.622. The van der Waals surface area contributed by atoms with Gasteiger partial charge in [-0.15, -0.1) is 0 Å². The number of ether oxygens (including phenoxy) is 1. The van der Waals surface area contributed by atoms with Crippen LogP contribution in [0.15, 0.2) is 0 Å². The van der Waals surface area contributed by atoms with Gasteiger partial charge in [0, 0.05) is 19.9 Å². The molecule has 0 spiro atoms. The zero-order valence-electron chi connectivity index (χ0n) is 7.91. The molecule has 0 aromatic heterocycles. The van der Waals surface area contributed by atoms with Crippen molar-refractivity contribution in [3.05, 3.63) is 0 Å². The number of imide groups is 1. The summed E-state index contributed by atoms with van der Waals surface area (Å²) in [6.07, 6.45) is 0.297. The van der Waals surface area contributed by atoms with Crippen molar-refractivity contribution in [1.29, 1.82) is 0 Å². The molecule has 0 radical (unpaired) electrons. The van der Waals surface area contributed by atoms with Gasteiger partial charge >= 0.3 is 12.0 Å². The van der Waals surface area contributed by atoms with E-state index in [4.69, 9.17) is 0 Å². The zero-order chi connectivity index (χ0) is 10.6. The first-order valence-corrected chi connectivity index (χ1v) is 4.31. The Balaban J connectivity index is 2.27. The molecule has 1 N–H and O–H groups in total. The minimum Gasteiger partial charge on any atom is -0.464 e. The highest BCUT2D eigenvalue weighted by Crippen LogP contribution is 1.99. The molecule has 0 unspecified atom stereocenters. The Morgan fingerprint density at radius 3 is 2.86 bits per heavy atom. The van der Waals surface area contributed by atoms with Gasteiger partial charge in [0.1, 0.15) is 6.61 Å². The van der Waals surface area contributed by atoms with Crippen LogP contribution in [0.5, 0.6) is 0 Å². The summed E-state index contributed by atoms with van der Waals surface area (Å²) in [6.45, 7) is 2.17. The highest BCUT2D eigenvalue weighted by molar-refractivity contribution is 5.96. The number of esters is 1. The maximum atomic E-state index is 11.1. The Kier molecular flexibility index (Phi) is 3.44. The van der Waals surface area contributed by atoms with Crippen molar-refractivity contribution >= 4 is 17.9 Å². The van der Waals surface area contributed by atoms with E-state index in [9.17, 15) is 14.4 Å². The molecule has 0 saturated carbocycles. The van der Waals surface area contributed by atoms with Crippen LogP contribution in [0.3, 0.4) is 0 Å². The SMILES string of the molecule is CC(=O)OCCN1CCC(=O)NC1=O. The molecule has 6 heteroatoms. The average Bonchev–Trinajstić information content (AvgIpc) is 2.08. The number of rotatable bonds is 3. The first-order chi connectivity index (χ1) is 6.59. The smallest absolute Gasteiger partial charge is 0.324 e.